The second kappa shape index (κ2) is 6.49. The van der Waals surface area contributed by atoms with Crippen molar-refractivity contribution < 1.29 is 0 Å². The largest absolute Gasteiger partial charge is 0.367 e. The van der Waals surface area contributed by atoms with Gasteiger partial charge in [0.25, 0.3) is 0 Å². The third-order valence-electron chi connectivity index (χ3n) is 4.14. The van der Waals surface area contributed by atoms with Gasteiger partial charge in [0.05, 0.1) is 0 Å². The Morgan fingerprint density at radius 1 is 1.12 bits per heavy atom. The molecule has 3 aromatic rings. The molecule has 0 aliphatic heterocycles. The zero-order valence-electron chi connectivity index (χ0n) is 14.3. The van der Waals surface area contributed by atoms with Crippen molar-refractivity contribution in [1.29, 1.82) is 0 Å². The molecule has 0 unspecified atom stereocenters. The maximum absolute atomic E-state index is 4.80. The van der Waals surface area contributed by atoms with Crippen LogP contribution in [0.15, 0.2) is 54.6 Å². The highest BCUT2D eigenvalue weighted by atomic mass is 15.4. The Hall–Kier alpha value is -2.99. The lowest BCUT2D eigenvalue weighted by atomic mass is 10.0. The molecule has 1 aliphatic rings. The van der Waals surface area contributed by atoms with Crippen molar-refractivity contribution in [2.45, 2.75) is 0 Å². The van der Waals surface area contributed by atoms with Gasteiger partial charge in [0.15, 0.2) is 17.3 Å². The van der Waals surface area contributed by atoms with Gasteiger partial charge < -0.3 is 10.2 Å². The molecule has 0 spiro atoms. The lowest BCUT2D eigenvalue weighted by Crippen LogP contribution is -2.22. The van der Waals surface area contributed by atoms with Gasteiger partial charge >= 0.3 is 0 Å². The van der Waals surface area contributed by atoms with E-state index in [1.165, 1.54) is 0 Å². The average molecular weight is 332 g/mol. The quantitative estimate of drug-likeness (QED) is 0.752. The Morgan fingerprint density at radius 3 is 2.60 bits per heavy atom. The van der Waals surface area contributed by atoms with Crippen molar-refractivity contribution in [2.75, 3.05) is 32.5 Å². The first-order valence-electron chi connectivity index (χ1n) is 8.31. The van der Waals surface area contributed by atoms with Gasteiger partial charge in [0.1, 0.15) is 0 Å². The van der Waals surface area contributed by atoms with Gasteiger partial charge in [0.2, 0.25) is 0 Å². The van der Waals surface area contributed by atoms with E-state index in [-0.39, 0.29) is 0 Å². The molecule has 6 heteroatoms. The van der Waals surface area contributed by atoms with Gasteiger partial charge in [-0.1, -0.05) is 48.6 Å². The number of rotatable bonds is 6. The first kappa shape index (κ1) is 15.5. The molecule has 6 nitrogen and oxygen atoms in total. The van der Waals surface area contributed by atoms with Crippen LogP contribution in [0.2, 0.25) is 0 Å². The van der Waals surface area contributed by atoms with E-state index in [1.54, 1.807) is 4.52 Å². The summed E-state index contributed by atoms with van der Waals surface area (Å²) >= 11 is 0. The summed E-state index contributed by atoms with van der Waals surface area (Å²) in [6, 6.07) is 12.0. The standard InChI is InChI=1S/C19H20N6/c1-24(2)12-11-20-18-16(14-9-6-10-14)13-17-21-22-19(25(17)23-18)15-7-4-3-5-8-15/h3-10,13H,11-12H2,1-2H3,(H,20,23). The second-order valence-corrected chi connectivity index (χ2v) is 6.28. The van der Waals surface area contributed by atoms with Crippen molar-refractivity contribution in [3.63, 3.8) is 0 Å². The molecule has 1 N–H and O–H groups in total. The summed E-state index contributed by atoms with van der Waals surface area (Å²) in [5.74, 6) is 1.60. The van der Waals surface area contributed by atoms with Crippen molar-refractivity contribution in [3.8, 4) is 11.4 Å². The molecule has 0 bridgehead atoms. The van der Waals surface area contributed by atoms with E-state index in [2.05, 4.69) is 46.7 Å². The van der Waals surface area contributed by atoms with Crippen LogP contribution in [0, 0.1) is 0 Å². The normalized spacial score (nSPS) is 13.2. The minimum atomic E-state index is 0.744. The fraction of sp³-hybridized carbons (Fsp3) is 0.211. The lowest BCUT2D eigenvalue weighted by Gasteiger charge is -2.16. The zero-order valence-corrected chi connectivity index (χ0v) is 14.3. The first-order valence-corrected chi connectivity index (χ1v) is 8.31. The number of nitrogens with one attached hydrogen (secondary N) is 1. The number of allylic oxidation sites excluding steroid dienone is 4. The van der Waals surface area contributed by atoms with E-state index in [0.717, 1.165) is 47.1 Å². The second-order valence-electron chi connectivity index (χ2n) is 6.28. The van der Waals surface area contributed by atoms with Crippen LogP contribution < -0.4 is 5.32 Å². The van der Waals surface area contributed by atoms with Crippen molar-refractivity contribution in [2.24, 2.45) is 0 Å². The van der Waals surface area contributed by atoms with Crippen LogP contribution in [0.5, 0.6) is 0 Å². The molecule has 2 heterocycles. The maximum atomic E-state index is 4.80. The van der Waals surface area contributed by atoms with E-state index in [0.29, 0.717) is 0 Å². The van der Waals surface area contributed by atoms with Crippen molar-refractivity contribution in [3.05, 3.63) is 60.2 Å². The predicted molar refractivity (Wildman–Crippen MR) is 100 cm³/mol. The number of hydrogen-bond acceptors (Lipinski definition) is 5. The predicted octanol–water partition coefficient (Wildman–Crippen LogP) is 2.72. The molecule has 0 radical (unpaired) electrons. The Bertz CT molecular complexity index is 953. The van der Waals surface area contributed by atoms with Crippen LogP contribution in [0.25, 0.3) is 22.6 Å². The van der Waals surface area contributed by atoms with Gasteiger partial charge in [0, 0.05) is 24.2 Å². The number of aromatic nitrogens is 4. The lowest BCUT2D eigenvalue weighted by molar-refractivity contribution is 0.425. The van der Waals surface area contributed by atoms with Crippen molar-refractivity contribution in [1.82, 2.24) is 24.7 Å². The molecule has 0 atom stereocenters. The molecule has 4 rings (SSSR count). The van der Waals surface area contributed by atoms with E-state index in [1.807, 2.05) is 42.5 Å². The molecular formula is C19H20N6. The van der Waals surface area contributed by atoms with Gasteiger partial charge in [-0.05, 0) is 25.7 Å². The highest BCUT2D eigenvalue weighted by Gasteiger charge is 2.16. The fourth-order valence-corrected chi connectivity index (χ4v) is 2.72. The van der Waals surface area contributed by atoms with Crippen LogP contribution in [0.1, 0.15) is 5.56 Å². The summed E-state index contributed by atoms with van der Waals surface area (Å²) in [6.45, 7) is 1.75. The Morgan fingerprint density at radius 2 is 1.92 bits per heavy atom. The fourth-order valence-electron chi connectivity index (χ4n) is 2.72. The minimum absolute atomic E-state index is 0.744. The van der Waals surface area contributed by atoms with Gasteiger partial charge in [-0.3, -0.25) is 0 Å². The smallest absolute Gasteiger partial charge is 0.185 e. The Balaban J connectivity index is 1.76. The van der Waals surface area contributed by atoms with Crippen LogP contribution in [0.3, 0.4) is 0 Å². The molecule has 0 saturated carbocycles. The number of fused-ring (bicyclic) bond motifs is 1. The number of likely N-dealkylation sites (N-methyl/N-ethyl adjacent to an activating group) is 1. The topological polar surface area (TPSA) is 58.4 Å². The molecule has 2 aromatic heterocycles. The molecule has 0 saturated heterocycles. The molecule has 25 heavy (non-hydrogen) atoms. The van der Waals surface area contributed by atoms with Crippen LogP contribution >= 0.6 is 0 Å². The van der Waals surface area contributed by atoms with E-state index in [9.17, 15) is 0 Å². The summed E-state index contributed by atoms with van der Waals surface area (Å²) in [5.41, 5.74) is 3.96. The SMILES string of the molecule is CN(C)CCNc1nn2c(-c3ccccc3)nnc2cc1C1=CC=C1. The molecule has 1 aromatic carbocycles. The average Bonchev–Trinajstić information content (AvgIpc) is 2.96. The van der Waals surface area contributed by atoms with Crippen LogP contribution in [-0.2, 0) is 0 Å². The molecular weight excluding hydrogens is 312 g/mol. The molecule has 1 aliphatic carbocycles. The van der Waals surface area contributed by atoms with Gasteiger partial charge in [-0.15, -0.1) is 15.3 Å². The first-order chi connectivity index (χ1) is 12.2. The zero-order chi connectivity index (χ0) is 17.2. The summed E-state index contributed by atoms with van der Waals surface area (Å²) in [4.78, 5) is 2.14. The van der Waals surface area contributed by atoms with Crippen LogP contribution in [0.4, 0.5) is 5.82 Å². The third kappa shape index (κ3) is 3.04. The number of nitrogens with zero attached hydrogens (tertiary/aromatic N) is 5. The molecule has 126 valence electrons. The summed E-state index contributed by atoms with van der Waals surface area (Å²) in [5, 5.41) is 16.9. The minimum Gasteiger partial charge on any atom is -0.367 e. The Kier molecular flexibility index (Phi) is 4.03. The molecule has 0 amide bonds. The Labute approximate surface area is 146 Å². The highest BCUT2D eigenvalue weighted by Crippen LogP contribution is 2.29. The van der Waals surface area contributed by atoms with Gasteiger partial charge in [-0.25, -0.2) is 0 Å². The monoisotopic (exact) mass is 332 g/mol. The number of hydrogen-bond donors (Lipinski definition) is 1. The van der Waals surface area contributed by atoms with E-state index in [4.69, 9.17) is 5.10 Å². The number of benzene rings is 1. The summed E-state index contributed by atoms with van der Waals surface area (Å²) in [7, 11) is 4.12. The molecule has 0 fully saturated rings. The van der Waals surface area contributed by atoms with Crippen LogP contribution in [-0.4, -0.2) is 51.9 Å². The van der Waals surface area contributed by atoms with Gasteiger partial charge in [-0.2, -0.15) is 4.52 Å². The third-order valence-corrected chi connectivity index (χ3v) is 4.14. The van der Waals surface area contributed by atoms with E-state index >= 15 is 0 Å². The van der Waals surface area contributed by atoms with Crippen molar-refractivity contribution >= 4 is 17.0 Å². The highest BCUT2D eigenvalue weighted by molar-refractivity contribution is 5.87. The van der Waals surface area contributed by atoms with E-state index < -0.39 is 0 Å². The summed E-state index contributed by atoms with van der Waals surface area (Å²) < 4.78 is 1.81. The summed E-state index contributed by atoms with van der Waals surface area (Å²) in [6.07, 6.45) is 6.20. The number of anilines is 1. The maximum Gasteiger partial charge on any atom is 0.185 e.